The molecule has 0 aliphatic carbocycles. The van der Waals surface area contributed by atoms with Gasteiger partial charge in [0, 0.05) is 76.9 Å². The molecule has 2 fully saturated rings. The standard InChI is InChI=1S/C27H31Cl3FN5O2/c1-18(37)34-11-8-32(9-12-34)10-13-35-25-15-23(29)24(30)16-26(25)36(27(35)38)21-4-6-33(7-5-21)17-19-2-3-20(31)14-22(19)28/h2-3,14-16,21H,4-13,17H2,1H3. The lowest BCUT2D eigenvalue weighted by Crippen LogP contribution is -2.49. The molecule has 2 aromatic carbocycles. The van der Waals surface area contributed by atoms with Crippen molar-refractivity contribution >= 4 is 51.7 Å². The van der Waals surface area contributed by atoms with Crippen LogP contribution in [0, 0.1) is 5.82 Å². The molecule has 38 heavy (non-hydrogen) atoms. The molecule has 2 saturated heterocycles. The van der Waals surface area contributed by atoms with Crippen molar-refractivity contribution in [3.8, 4) is 0 Å². The van der Waals surface area contributed by atoms with E-state index < -0.39 is 0 Å². The summed E-state index contributed by atoms with van der Waals surface area (Å²) in [5.41, 5.74) is 2.42. The molecule has 1 aromatic heterocycles. The van der Waals surface area contributed by atoms with Crippen LogP contribution in [-0.4, -0.2) is 75.6 Å². The predicted molar refractivity (Wildman–Crippen MR) is 150 cm³/mol. The first-order chi connectivity index (χ1) is 18.2. The third-order valence-corrected chi connectivity index (χ3v) is 8.87. The van der Waals surface area contributed by atoms with E-state index in [9.17, 15) is 14.0 Å². The Kier molecular flexibility index (Phi) is 8.36. The van der Waals surface area contributed by atoms with Crippen LogP contribution in [0.1, 0.15) is 31.4 Å². The first-order valence-corrected chi connectivity index (χ1v) is 14.1. The SMILES string of the molecule is CC(=O)N1CCN(CCn2c(=O)n(C3CCN(Cc4ccc(F)cc4Cl)CC3)c3cc(Cl)c(Cl)cc32)CC1. The second-order valence-electron chi connectivity index (χ2n) is 10.2. The number of hydrogen-bond acceptors (Lipinski definition) is 4. The highest BCUT2D eigenvalue weighted by molar-refractivity contribution is 6.42. The fourth-order valence-corrected chi connectivity index (χ4v) is 6.14. The Balaban J connectivity index is 1.32. The van der Waals surface area contributed by atoms with Crippen LogP contribution in [0.15, 0.2) is 35.1 Å². The Morgan fingerprint density at radius 1 is 0.868 bits per heavy atom. The number of likely N-dealkylation sites (tertiary alicyclic amines) is 1. The molecule has 2 aliphatic heterocycles. The summed E-state index contributed by atoms with van der Waals surface area (Å²) in [7, 11) is 0. The summed E-state index contributed by atoms with van der Waals surface area (Å²) >= 11 is 19.0. The van der Waals surface area contributed by atoms with Crippen molar-refractivity contribution in [1.82, 2.24) is 23.8 Å². The normalized spacial score (nSPS) is 18.0. The number of fused-ring (bicyclic) bond motifs is 1. The van der Waals surface area contributed by atoms with Gasteiger partial charge in [-0.1, -0.05) is 40.9 Å². The van der Waals surface area contributed by atoms with Gasteiger partial charge in [-0.25, -0.2) is 9.18 Å². The van der Waals surface area contributed by atoms with E-state index in [1.165, 1.54) is 12.1 Å². The van der Waals surface area contributed by atoms with Crippen LogP contribution in [0.5, 0.6) is 0 Å². The number of rotatable bonds is 6. The van der Waals surface area contributed by atoms with Gasteiger partial charge in [-0.15, -0.1) is 0 Å². The van der Waals surface area contributed by atoms with Crippen molar-refractivity contribution in [3.63, 3.8) is 0 Å². The number of hydrogen-bond donors (Lipinski definition) is 0. The van der Waals surface area contributed by atoms with E-state index in [-0.39, 0.29) is 23.5 Å². The van der Waals surface area contributed by atoms with Crippen molar-refractivity contribution in [2.24, 2.45) is 0 Å². The summed E-state index contributed by atoms with van der Waals surface area (Å²) in [5.74, 6) is -0.243. The Morgan fingerprint density at radius 3 is 2.16 bits per heavy atom. The number of carbonyl (C=O) groups is 1. The molecule has 0 spiro atoms. The summed E-state index contributed by atoms with van der Waals surface area (Å²) in [6.45, 7) is 8.04. The van der Waals surface area contributed by atoms with Crippen LogP contribution in [0.25, 0.3) is 11.0 Å². The molecule has 3 heterocycles. The molecule has 0 radical (unpaired) electrons. The quantitative estimate of drug-likeness (QED) is 0.415. The number of nitrogens with zero attached hydrogens (tertiary/aromatic N) is 5. The molecule has 7 nitrogen and oxygen atoms in total. The van der Waals surface area contributed by atoms with E-state index in [1.54, 1.807) is 29.7 Å². The van der Waals surface area contributed by atoms with Gasteiger partial charge >= 0.3 is 5.69 Å². The number of piperazine rings is 1. The fraction of sp³-hybridized carbons (Fsp3) is 0.481. The minimum Gasteiger partial charge on any atom is -0.340 e. The van der Waals surface area contributed by atoms with Gasteiger partial charge in [0.15, 0.2) is 0 Å². The van der Waals surface area contributed by atoms with Crippen LogP contribution in [0.2, 0.25) is 15.1 Å². The fourth-order valence-electron chi connectivity index (χ4n) is 5.59. The van der Waals surface area contributed by atoms with E-state index in [4.69, 9.17) is 34.8 Å². The Labute approximate surface area is 236 Å². The molecule has 2 aliphatic rings. The summed E-state index contributed by atoms with van der Waals surface area (Å²) in [5, 5.41) is 1.28. The van der Waals surface area contributed by atoms with Crippen molar-refractivity contribution in [2.75, 3.05) is 45.8 Å². The maximum atomic E-state index is 13.8. The van der Waals surface area contributed by atoms with Gasteiger partial charge in [0.05, 0.1) is 21.1 Å². The van der Waals surface area contributed by atoms with Gasteiger partial charge in [-0.05, 0) is 42.7 Å². The van der Waals surface area contributed by atoms with Gasteiger partial charge in [0.25, 0.3) is 0 Å². The number of aromatic nitrogens is 2. The molecule has 3 aromatic rings. The third-order valence-electron chi connectivity index (χ3n) is 7.79. The van der Waals surface area contributed by atoms with Crippen LogP contribution in [0.4, 0.5) is 4.39 Å². The largest absolute Gasteiger partial charge is 0.340 e. The Morgan fingerprint density at radius 2 is 1.53 bits per heavy atom. The average molecular weight is 583 g/mol. The zero-order valence-electron chi connectivity index (χ0n) is 21.3. The van der Waals surface area contributed by atoms with Crippen molar-refractivity contribution in [1.29, 1.82) is 0 Å². The third kappa shape index (κ3) is 5.75. The molecule has 5 rings (SSSR count). The highest BCUT2D eigenvalue weighted by atomic mass is 35.5. The van der Waals surface area contributed by atoms with Crippen LogP contribution < -0.4 is 5.69 Å². The van der Waals surface area contributed by atoms with Crippen molar-refractivity contribution < 1.29 is 9.18 Å². The predicted octanol–water partition coefficient (Wildman–Crippen LogP) is 4.90. The van der Waals surface area contributed by atoms with Gasteiger partial charge in [0.2, 0.25) is 5.91 Å². The van der Waals surface area contributed by atoms with Gasteiger partial charge in [0.1, 0.15) is 5.82 Å². The summed E-state index contributed by atoms with van der Waals surface area (Å²) in [6.07, 6.45) is 1.59. The summed E-state index contributed by atoms with van der Waals surface area (Å²) in [4.78, 5) is 31.8. The molecule has 11 heteroatoms. The smallest absolute Gasteiger partial charge is 0.329 e. The maximum absolute atomic E-state index is 13.8. The number of carbonyl (C=O) groups excluding carboxylic acids is 1. The van der Waals surface area contributed by atoms with E-state index >= 15 is 0 Å². The van der Waals surface area contributed by atoms with E-state index in [0.717, 1.165) is 55.6 Å². The molecule has 0 atom stereocenters. The Bertz CT molecular complexity index is 1390. The lowest BCUT2D eigenvalue weighted by molar-refractivity contribution is -0.130. The Hall–Kier alpha value is -2.10. The van der Waals surface area contributed by atoms with Gasteiger partial charge < -0.3 is 4.90 Å². The van der Waals surface area contributed by atoms with Crippen molar-refractivity contribution in [3.05, 3.63) is 67.3 Å². The second-order valence-corrected chi connectivity index (χ2v) is 11.4. The average Bonchev–Trinajstić information content (AvgIpc) is 3.15. The van der Waals surface area contributed by atoms with E-state index in [2.05, 4.69) is 9.80 Å². The molecule has 0 N–H and O–H groups in total. The topological polar surface area (TPSA) is 53.7 Å². The molecule has 0 saturated carbocycles. The number of halogens is 4. The number of benzene rings is 2. The molecular weight excluding hydrogens is 552 g/mol. The zero-order chi connectivity index (χ0) is 27.0. The molecule has 204 valence electrons. The summed E-state index contributed by atoms with van der Waals surface area (Å²) < 4.78 is 17.1. The zero-order valence-corrected chi connectivity index (χ0v) is 23.6. The molecule has 0 unspecified atom stereocenters. The highest BCUT2D eigenvalue weighted by Gasteiger charge is 2.27. The van der Waals surface area contributed by atoms with Gasteiger partial charge in [-0.3, -0.25) is 23.7 Å². The maximum Gasteiger partial charge on any atom is 0.329 e. The highest BCUT2D eigenvalue weighted by Crippen LogP contribution is 2.32. The monoisotopic (exact) mass is 581 g/mol. The lowest BCUT2D eigenvalue weighted by atomic mass is 10.0. The molecule has 1 amide bonds. The first kappa shape index (κ1) is 27.5. The first-order valence-electron chi connectivity index (χ1n) is 12.9. The lowest BCUT2D eigenvalue weighted by Gasteiger charge is -2.34. The minimum atomic E-state index is -0.342. The molecule has 0 bridgehead atoms. The van der Waals surface area contributed by atoms with Gasteiger partial charge in [-0.2, -0.15) is 0 Å². The summed E-state index contributed by atoms with van der Waals surface area (Å²) in [6, 6.07) is 8.12. The van der Waals surface area contributed by atoms with E-state index in [0.29, 0.717) is 47.8 Å². The molecular formula is C27H31Cl3FN5O2. The van der Waals surface area contributed by atoms with Crippen LogP contribution >= 0.6 is 34.8 Å². The number of amides is 1. The van der Waals surface area contributed by atoms with Crippen molar-refractivity contribution in [2.45, 2.75) is 38.9 Å². The number of imidazole rings is 1. The second kappa shape index (κ2) is 11.6. The van der Waals surface area contributed by atoms with Crippen LogP contribution in [0.3, 0.4) is 0 Å². The minimum absolute atomic E-state index is 0.0301. The number of piperidine rings is 1. The van der Waals surface area contributed by atoms with E-state index in [1.807, 2.05) is 9.47 Å². The van der Waals surface area contributed by atoms with Crippen LogP contribution in [-0.2, 0) is 17.9 Å².